The Bertz CT molecular complexity index is 457. The summed E-state index contributed by atoms with van der Waals surface area (Å²) in [6.07, 6.45) is -5.05. The summed E-state index contributed by atoms with van der Waals surface area (Å²) < 4.78 is 64.2. The van der Waals surface area contributed by atoms with Crippen LogP contribution >= 0.6 is 0 Å². The van der Waals surface area contributed by atoms with E-state index in [-0.39, 0.29) is 25.9 Å². The van der Waals surface area contributed by atoms with E-state index in [2.05, 4.69) is 0 Å². The first-order chi connectivity index (χ1) is 8.67. The molecule has 0 aromatic heterocycles. The van der Waals surface area contributed by atoms with Crippen molar-refractivity contribution in [2.75, 3.05) is 18.0 Å². The van der Waals surface area contributed by atoms with Crippen molar-refractivity contribution >= 4 is 5.69 Å². The molecule has 1 aromatic carbocycles. The lowest BCUT2D eigenvalue weighted by Crippen LogP contribution is -2.39. The highest BCUT2D eigenvalue weighted by Crippen LogP contribution is 2.35. The molecule has 0 amide bonds. The van der Waals surface area contributed by atoms with Gasteiger partial charge >= 0.3 is 6.18 Å². The molecule has 0 radical (unpaired) electrons. The molecule has 1 heterocycles. The smallest absolute Gasteiger partial charge is 0.371 e. The second kappa shape index (κ2) is 4.65. The fraction of sp³-hybridized carbons (Fsp3) is 0.538. The minimum Gasteiger partial charge on any atom is -0.371 e. The quantitative estimate of drug-likeness (QED) is 0.695. The summed E-state index contributed by atoms with van der Waals surface area (Å²) in [6, 6.07) is 3.68. The van der Waals surface area contributed by atoms with Crippen LogP contribution in [-0.4, -0.2) is 19.0 Å². The number of hydrogen-bond donors (Lipinski definition) is 0. The third kappa shape index (κ3) is 3.36. The van der Waals surface area contributed by atoms with E-state index in [1.54, 1.807) is 17.9 Å². The van der Waals surface area contributed by atoms with Gasteiger partial charge in [0.1, 0.15) is 0 Å². The largest absolute Gasteiger partial charge is 0.416 e. The highest BCUT2D eigenvalue weighted by Gasteiger charge is 2.35. The molecule has 1 aromatic rings. The van der Waals surface area contributed by atoms with E-state index < -0.39 is 17.7 Å². The number of rotatable bonds is 1. The zero-order chi connectivity index (χ0) is 14.3. The SMILES string of the molecule is Cc1cc(N2CCC(F)(F)CC2)cc(C(F)(F)F)c1. The van der Waals surface area contributed by atoms with Crippen LogP contribution in [0.5, 0.6) is 0 Å². The molecule has 2 rings (SSSR count). The molecule has 1 fully saturated rings. The van der Waals surface area contributed by atoms with Crippen molar-refractivity contribution in [3.63, 3.8) is 0 Å². The third-order valence-electron chi connectivity index (χ3n) is 3.25. The van der Waals surface area contributed by atoms with Gasteiger partial charge in [0.25, 0.3) is 5.92 Å². The van der Waals surface area contributed by atoms with Crippen LogP contribution in [0, 0.1) is 6.92 Å². The molecular formula is C13H14F5N. The Balaban J connectivity index is 2.24. The minimum atomic E-state index is -4.42. The molecule has 0 bridgehead atoms. The molecule has 6 heteroatoms. The maximum Gasteiger partial charge on any atom is 0.416 e. The first-order valence-electron chi connectivity index (χ1n) is 5.99. The molecule has 0 atom stereocenters. The lowest BCUT2D eigenvalue weighted by Gasteiger charge is -2.33. The summed E-state index contributed by atoms with van der Waals surface area (Å²) in [5.41, 5.74) is 0.102. The van der Waals surface area contributed by atoms with Crippen molar-refractivity contribution in [3.05, 3.63) is 29.3 Å². The van der Waals surface area contributed by atoms with Crippen molar-refractivity contribution < 1.29 is 22.0 Å². The number of halogens is 5. The first kappa shape index (κ1) is 14.1. The molecule has 0 unspecified atom stereocenters. The van der Waals surface area contributed by atoms with Crippen LogP contribution in [0.3, 0.4) is 0 Å². The molecule has 0 spiro atoms. The van der Waals surface area contributed by atoms with Gasteiger partial charge in [-0.1, -0.05) is 0 Å². The predicted octanol–water partition coefficient (Wildman–Crippen LogP) is 4.25. The van der Waals surface area contributed by atoms with E-state index in [4.69, 9.17) is 0 Å². The Morgan fingerprint density at radius 1 is 1.05 bits per heavy atom. The van der Waals surface area contributed by atoms with E-state index in [1.165, 1.54) is 0 Å². The molecular weight excluding hydrogens is 265 g/mol. The van der Waals surface area contributed by atoms with Gasteiger partial charge in [0.05, 0.1) is 5.56 Å². The Labute approximate surface area is 108 Å². The van der Waals surface area contributed by atoms with E-state index in [9.17, 15) is 22.0 Å². The van der Waals surface area contributed by atoms with Gasteiger partial charge in [0.2, 0.25) is 0 Å². The lowest BCUT2D eigenvalue weighted by molar-refractivity contribution is -0.137. The molecule has 1 nitrogen and oxygen atoms in total. The van der Waals surface area contributed by atoms with Crippen molar-refractivity contribution in [1.82, 2.24) is 0 Å². The van der Waals surface area contributed by atoms with Crippen molar-refractivity contribution in [2.24, 2.45) is 0 Å². The fourth-order valence-electron chi connectivity index (χ4n) is 2.20. The molecule has 1 saturated heterocycles. The van der Waals surface area contributed by atoms with E-state index >= 15 is 0 Å². The number of hydrogen-bond acceptors (Lipinski definition) is 1. The van der Waals surface area contributed by atoms with Crippen LogP contribution in [0.4, 0.5) is 27.6 Å². The summed E-state index contributed by atoms with van der Waals surface area (Å²) in [7, 11) is 0. The number of aryl methyl sites for hydroxylation is 1. The molecule has 0 N–H and O–H groups in total. The van der Waals surface area contributed by atoms with Gasteiger partial charge in [-0.15, -0.1) is 0 Å². The van der Waals surface area contributed by atoms with Gasteiger partial charge in [-0.2, -0.15) is 13.2 Å². The number of piperidine rings is 1. The first-order valence-corrected chi connectivity index (χ1v) is 5.99. The maximum atomic E-state index is 13.0. The third-order valence-corrected chi connectivity index (χ3v) is 3.25. The Morgan fingerprint density at radius 2 is 1.63 bits per heavy atom. The van der Waals surface area contributed by atoms with Crippen LogP contribution in [0.2, 0.25) is 0 Å². The second-order valence-corrected chi connectivity index (χ2v) is 4.90. The molecule has 19 heavy (non-hydrogen) atoms. The van der Waals surface area contributed by atoms with Gasteiger partial charge in [-0.25, -0.2) is 8.78 Å². The van der Waals surface area contributed by atoms with Crippen LogP contribution in [0.1, 0.15) is 24.0 Å². The van der Waals surface area contributed by atoms with Crippen LogP contribution in [0.25, 0.3) is 0 Å². The summed E-state index contributed by atoms with van der Waals surface area (Å²) in [5, 5.41) is 0. The highest BCUT2D eigenvalue weighted by atomic mass is 19.4. The average Bonchev–Trinajstić information content (AvgIpc) is 2.26. The maximum absolute atomic E-state index is 13.0. The summed E-state index contributed by atoms with van der Waals surface area (Å²) in [5.74, 6) is -2.70. The van der Waals surface area contributed by atoms with Crippen molar-refractivity contribution in [1.29, 1.82) is 0 Å². The predicted molar refractivity (Wildman–Crippen MR) is 62.6 cm³/mol. The standard InChI is InChI=1S/C13H14F5N/c1-9-6-10(13(16,17)18)8-11(7-9)19-4-2-12(14,15)3-5-19/h6-8H,2-5H2,1H3. The van der Waals surface area contributed by atoms with Crippen molar-refractivity contribution in [3.8, 4) is 0 Å². The summed E-state index contributed by atoms with van der Waals surface area (Å²) >= 11 is 0. The van der Waals surface area contributed by atoms with Crippen molar-refractivity contribution in [2.45, 2.75) is 31.9 Å². The fourth-order valence-corrected chi connectivity index (χ4v) is 2.20. The Kier molecular flexibility index (Phi) is 3.45. The number of anilines is 1. The Hall–Kier alpha value is -1.33. The van der Waals surface area contributed by atoms with Gasteiger partial charge in [-0.3, -0.25) is 0 Å². The van der Waals surface area contributed by atoms with Crippen LogP contribution in [-0.2, 0) is 6.18 Å². The van der Waals surface area contributed by atoms with Gasteiger partial charge in [0, 0.05) is 31.6 Å². The van der Waals surface area contributed by atoms with E-state index in [1.807, 2.05) is 0 Å². The monoisotopic (exact) mass is 279 g/mol. The molecule has 106 valence electrons. The second-order valence-electron chi connectivity index (χ2n) is 4.90. The zero-order valence-corrected chi connectivity index (χ0v) is 10.4. The molecule has 1 aliphatic heterocycles. The van der Waals surface area contributed by atoms with E-state index in [0.29, 0.717) is 11.3 Å². The molecule has 1 aliphatic rings. The van der Waals surface area contributed by atoms with Gasteiger partial charge < -0.3 is 4.90 Å². The number of alkyl halides is 5. The molecule has 0 aliphatic carbocycles. The van der Waals surface area contributed by atoms with Crippen LogP contribution in [0.15, 0.2) is 18.2 Å². The van der Waals surface area contributed by atoms with Crippen LogP contribution < -0.4 is 4.90 Å². The number of nitrogens with zero attached hydrogens (tertiary/aromatic N) is 1. The summed E-state index contributed by atoms with van der Waals surface area (Å²) in [4.78, 5) is 1.58. The van der Waals surface area contributed by atoms with Gasteiger partial charge in [0.15, 0.2) is 0 Å². The number of benzene rings is 1. The topological polar surface area (TPSA) is 3.24 Å². The average molecular weight is 279 g/mol. The molecule has 0 saturated carbocycles. The summed E-state index contributed by atoms with van der Waals surface area (Å²) in [6.45, 7) is 1.72. The van der Waals surface area contributed by atoms with E-state index in [0.717, 1.165) is 12.1 Å². The van der Waals surface area contributed by atoms with Gasteiger partial charge in [-0.05, 0) is 30.7 Å². The normalized spacial score (nSPS) is 19.6. The Morgan fingerprint density at radius 3 is 2.16 bits per heavy atom. The zero-order valence-electron chi connectivity index (χ0n) is 10.4. The highest BCUT2D eigenvalue weighted by molar-refractivity contribution is 5.52. The lowest BCUT2D eigenvalue weighted by atomic mass is 10.0. The minimum absolute atomic E-state index is 0.0771.